The summed E-state index contributed by atoms with van der Waals surface area (Å²) in [7, 11) is 0. The number of nitrogens with zero attached hydrogens (tertiary/aromatic N) is 1. The highest BCUT2D eigenvalue weighted by Crippen LogP contribution is 2.11. The molecule has 0 unspecified atom stereocenters. The van der Waals surface area contributed by atoms with Crippen LogP contribution in [0.15, 0.2) is 29.0 Å². The molecule has 0 saturated carbocycles. The first-order valence-electron chi connectivity index (χ1n) is 5.08. The third-order valence-electron chi connectivity index (χ3n) is 2.22. The van der Waals surface area contributed by atoms with Gasteiger partial charge in [0.15, 0.2) is 0 Å². The van der Waals surface area contributed by atoms with Gasteiger partial charge in [-0.3, -0.25) is 4.79 Å². The van der Waals surface area contributed by atoms with E-state index < -0.39 is 0 Å². The topological polar surface area (TPSA) is 42.0 Å². The van der Waals surface area contributed by atoms with Gasteiger partial charge in [-0.1, -0.05) is 11.6 Å². The molecule has 0 saturated heterocycles. The number of aromatic nitrogens is 1. The molecule has 0 aliphatic heterocycles. The Morgan fingerprint density at radius 3 is 3.00 bits per heavy atom. The van der Waals surface area contributed by atoms with Gasteiger partial charge in [0.2, 0.25) is 0 Å². The number of carbonyl (C=O) groups is 1. The normalized spacial score (nSPS) is 10.2. The number of carbonyl (C=O) groups excluding carboxylic acids is 1. The number of amides is 1. The second-order valence-electron chi connectivity index (χ2n) is 3.63. The van der Waals surface area contributed by atoms with Crippen LogP contribution in [0.3, 0.4) is 0 Å². The number of rotatable bonds is 3. The van der Waals surface area contributed by atoms with Crippen LogP contribution in [0.2, 0.25) is 5.15 Å². The highest BCUT2D eigenvalue weighted by atomic mass is 35.5. The average molecular weight is 267 g/mol. The fourth-order valence-corrected chi connectivity index (χ4v) is 2.36. The van der Waals surface area contributed by atoms with E-state index in [2.05, 4.69) is 10.3 Å². The maximum atomic E-state index is 11.9. The van der Waals surface area contributed by atoms with Crippen molar-refractivity contribution in [1.82, 2.24) is 10.3 Å². The smallest absolute Gasteiger partial charge is 0.251 e. The lowest BCUT2D eigenvalue weighted by atomic mass is 10.2. The summed E-state index contributed by atoms with van der Waals surface area (Å²) in [6.45, 7) is 2.34. The predicted molar refractivity (Wildman–Crippen MR) is 69.5 cm³/mol. The van der Waals surface area contributed by atoms with Gasteiger partial charge in [-0.25, -0.2) is 4.98 Å². The van der Waals surface area contributed by atoms with Gasteiger partial charge in [-0.2, -0.15) is 11.3 Å². The average Bonchev–Trinajstić information content (AvgIpc) is 2.77. The summed E-state index contributed by atoms with van der Waals surface area (Å²) in [5.41, 5.74) is 2.37. The molecule has 3 nitrogen and oxygen atoms in total. The van der Waals surface area contributed by atoms with Crippen molar-refractivity contribution in [1.29, 1.82) is 0 Å². The van der Waals surface area contributed by atoms with Crippen LogP contribution in [-0.4, -0.2) is 10.9 Å². The standard InChI is InChI=1S/C12H11ClN2OS/c1-8-4-10(5-11(13)15-8)12(16)14-6-9-2-3-17-7-9/h2-5,7H,6H2,1H3,(H,14,16). The van der Waals surface area contributed by atoms with Crippen molar-refractivity contribution < 1.29 is 4.79 Å². The molecule has 0 aromatic carbocycles. The van der Waals surface area contributed by atoms with E-state index in [-0.39, 0.29) is 5.91 Å². The van der Waals surface area contributed by atoms with Crippen LogP contribution in [0.1, 0.15) is 21.6 Å². The van der Waals surface area contributed by atoms with Crippen LogP contribution in [-0.2, 0) is 6.54 Å². The predicted octanol–water partition coefficient (Wildman–Crippen LogP) is 3.03. The SMILES string of the molecule is Cc1cc(C(=O)NCc2ccsc2)cc(Cl)n1. The highest BCUT2D eigenvalue weighted by molar-refractivity contribution is 7.07. The van der Waals surface area contributed by atoms with Crippen LogP contribution in [0.5, 0.6) is 0 Å². The Bertz CT molecular complexity index is 505. The number of thiophene rings is 1. The summed E-state index contributed by atoms with van der Waals surface area (Å²) in [6.07, 6.45) is 0. The van der Waals surface area contributed by atoms with Crippen LogP contribution in [0.4, 0.5) is 0 Å². The number of hydrogen-bond donors (Lipinski definition) is 1. The van der Waals surface area contributed by atoms with Crippen molar-refractivity contribution >= 4 is 28.8 Å². The van der Waals surface area contributed by atoms with Crippen LogP contribution >= 0.6 is 22.9 Å². The Morgan fingerprint density at radius 1 is 1.53 bits per heavy atom. The lowest BCUT2D eigenvalue weighted by Crippen LogP contribution is -2.22. The van der Waals surface area contributed by atoms with Gasteiger partial charge in [-0.15, -0.1) is 0 Å². The fourth-order valence-electron chi connectivity index (χ4n) is 1.44. The van der Waals surface area contributed by atoms with Crippen LogP contribution in [0, 0.1) is 6.92 Å². The molecule has 2 heterocycles. The lowest BCUT2D eigenvalue weighted by Gasteiger charge is -2.05. The van der Waals surface area contributed by atoms with Gasteiger partial charge in [-0.05, 0) is 41.4 Å². The van der Waals surface area contributed by atoms with E-state index >= 15 is 0 Å². The molecule has 17 heavy (non-hydrogen) atoms. The molecule has 1 N–H and O–H groups in total. The van der Waals surface area contributed by atoms with Gasteiger partial charge < -0.3 is 5.32 Å². The number of hydrogen-bond acceptors (Lipinski definition) is 3. The first-order chi connectivity index (χ1) is 8.15. The van der Waals surface area contributed by atoms with Crippen molar-refractivity contribution in [2.45, 2.75) is 13.5 Å². The summed E-state index contributed by atoms with van der Waals surface area (Å²) in [5.74, 6) is -0.136. The van der Waals surface area contributed by atoms with E-state index in [4.69, 9.17) is 11.6 Å². The van der Waals surface area contributed by atoms with E-state index in [0.717, 1.165) is 11.3 Å². The zero-order valence-corrected chi connectivity index (χ0v) is 10.8. The maximum absolute atomic E-state index is 11.9. The minimum atomic E-state index is -0.136. The Balaban J connectivity index is 2.04. The van der Waals surface area contributed by atoms with Gasteiger partial charge >= 0.3 is 0 Å². The maximum Gasteiger partial charge on any atom is 0.251 e. The number of pyridine rings is 1. The van der Waals surface area contributed by atoms with Crippen LogP contribution in [0.25, 0.3) is 0 Å². The highest BCUT2D eigenvalue weighted by Gasteiger charge is 2.07. The molecule has 0 spiro atoms. The molecule has 0 atom stereocenters. The van der Waals surface area contributed by atoms with Crippen molar-refractivity contribution in [3.8, 4) is 0 Å². The molecule has 2 rings (SSSR count). The molecular formula is C12H11ClN2OS. The third-order valence-corrected chi connectivity index (χ3v) is 3.14. The molecule has 2 aromatic heterocycles. The fraction of sp³-hybridized carbons (Fsp3) is 0.167. The van der Waals surface area contributed by atoms with Gasteiger partial charge in [0, 0.05) is 17.8 Å². The van der Waals surface area contributed by atoms with Gasteiger partial charge in [0.25, 0.3) is 5.91 Å². The quantitative estimate of drug-likeness (QED) is 0.868. The molecule has 88 valence electrons. The third kappa shape index (κ3) is 3.28. The largest absolute Gasteiger partial charge is 0.348 e. The van der Waals surface area contributed by atoms with Crippen molar-refractivity contribution in [2.75, 3.05) is 0 Å². The molecular weight excluding hydrogens is 256 g/mol. The Kier molecular flexibility index (Phi) is 3.76. The minimum Gasteiger partial charge on any atom is -0.348 e. The summed E-state index contributed by atoms with van der Waals surface area (Å²) in [4.78, 5) is 15.9. The zero-order chi connectivity index (χ0) is 12.3. The number of nitrogens with one attached hydrogen (secondary N) is 1. The van der Waals surface area contributed by atoms with E-state index in [9.17, 15) is 4.79 Å². The molecule has 5 heteroatoms. The van der Waals surface area contributed by atoms with Crippen molar-refractivity contribution in [3.63, 3.8) is 0 Å². The molecule has 1 amide bonds. The molecule has 0 aliphatic rings. The van der Waals surface area contributed by atoms with Crippen molar-refractivity contribution in [3.05, 3.63) is 50.9 Å². The zero-order valence-electron chi connectivity index (χ0n) is 9.24. The van der Waals surface area contributed by atoms with Gasteiger partial charge in [0.1, 0.15) is 5.15 Å². The summed E-state index contributed by atoms with van der Waals surface area (Å²) in [6, 6.07) is 5.27. The first-order valence-corrected chi connectivity index (χ1v) is 6.40. The molecule has 0 radical (unpaired) electrons. The summed E-state index contributed by atoms with van der Waals surface area (Å²) < 4.78 is 0. The molecule has 2 aromatic rings. The molecule has 0 bridgehead atoms. The number of halogens is 1. The Morgan fingerprint density at radius 2 is 2.35 bits per heavy atom. The Hall–Kier alpha value is -1.39. The van der Waals surface area contributed by atoms with Crippen molar-refractivity contribution in [2.24, 2.45) is 0 Å². The van der Waals surface area contributed by atoms with Crippen LogP contribution < -0.4 is 5.32 Å². The second-order valence-corrected chi connectivity index (χ2v) is 4.80. The van der Waals surface area contributed by atoms with E-state index in [1.54, 1.807) is 23.5 Å². The first kappa shape index (κ1) is 12.1. The van der Waals surface area contributed by atoms with E-state index in [1.165, 1.54) is 0 Å². The second kappa shape index (κ2) is 5.29. The summed E-state index contributed by atoms with van der Waals surface area (Å²) >= 11 is 7.41. The Labute approximate surface area is 108 Å². The number of aryl methyl sites for hydroxylation is 1. The van der Waals surface area contributed by atoms with Gasteiger partial charge in [0.05, 0.1) is 0 Å². The van der Waals surface area contributed by atoms with E-state index in [1.807, 2.05) is 23.8 Å². The van der Waals surface area contributed by atoms with E-state index in [0.29, 0.717) is 17.3 Å². The minimum absolute atomic E-state index is 0.136. The molecule has 0 fully saturated rings. The monoisotopic (exact) mass is 266 g/mol. The lowest BCUT2D eigenvalue weighted by molar-refractivity contribution is 0.0950. The summed E-state index contributed by atoms with van der Waals surface area (Å²) in [5, 5.41) is 7.16. The molecule has 0 aliphatic carbocycles.